The first-order valence-electron chi connectivity index (χ1n) is 9.34. The number of nitrogens with zero attached hydrogens (tertiary/aromatic N) is 4. The molecule has 5 heteroatoms. The number of para-hydroxylation sites is 1. The normalized spacial score (nSPS) is 11.3. The molecule has 0 aliphatic rings. The molecule has 0 amide bonds. The molecule has 2 aromatic heterocycles. The van der Waals surface area contributed by atoms with E-state index in [1.54, 1.807) is 0 Å². The molecule has 0 saturated heterocycles. The van der Waals surface area contributed by atoms with Crippen molar-refractivity contribution in [1.82, 2.24) is 19.6 Å². The van der Waals surface area contributed by atoms with Gasteiger partial charge in [0.1, 0.15) is 11.3 Å². The lowest BCUT2D eigenvalue weighted by Crippen LogP contribution is -2.14. The summed E-state index contributed by atoms with van der Waals surface area (Å²) >= 11 is 0. The van der Waals surface area contributed by atoms with E-state index in [0.29, 0.717) is 0 Å². The topological polar surface area (TPSA) is 55.6 Å². The van der Waals surface area contributed by atoms with Crippen molar-refractivity contribution in [3.8, 4) is 11.4 Å². The Hall–Kier alpha value is -3.21. The molecule has 5 nitrogen and oxygen atoms in total. The summed E-state index contributed by atoms with van der Waals surface area (Å²) in [7, 11) is 0. The summed E-state index contributed by atoms with van der Waals surface area (Å²) in [5.41, 5.74) is 8.12. The van der Waals surface area contributed by atoms with Crippen molar-refractivity contribution in [2.75, 3.05) is 5.43 Å². The quantitative estimate of drug-likeness (QED) is 0.543. The minimum Gasteiger partial charge on any atom is -0.291 e. The summed E-state index contributed by atoms with van der Waals surface area (Å²) in [5, 5.41) is 0. The molecule has 0 radical (unpaired) electrons. The average Bonchev–Trinajstić information content (AvgIpc) is 3.07. The summed E-state index contributed by atoms with van der Waals surface area (Å²) in [4.78, 5) is 14.6. The summed E-state index contributed by atoms with van der Waals surface area (Å²) in [6.07, 6.45) is 0.804. The van der Waals surface area contributed by atoms with E-state index in [1.807, 2.05) is 65.3 Å². The van der Waals surface area contributed by atoms with Gasteiger partial charge in [0.2, 0.25) is 0 Å². The number of hydrogen-bond donors (Lipinski definition) is 1. The molecule has 1 N–H and O–H groups in total. The van der Waals surface area contributed by atoms with Gasteiger partial charge in [0.15, 0.2) is 11.5 Å². The summed E-state index contributed by atoms with van der Waals surface area (Å²) in [6, 6.07) is 20.2. The Balaban J connectivity index is 1.95. The largest absolute Gasteiger partial charge is 0.291 e. The van der Waals surface area contributed by atoms with Gasteiger partial charge in [-0.25, -0.2) is 19.6 Å². The third-order valence-electron chi connectivity index (χ3n) is 4.50. The van der Waals surface area contributed by atoms with Crippen molar-refractivity contribution >= 4 is 16.9 Å². The number of aromatic nitrogens is 4. The fourth-order valence-electron chi connectivity index (χ4n) is 3.13. The molecular formula is C22H23N5. The van der Waals surface area contributed by atoms with Gasteiger partial charge in [-0.3, -0.25) is 5.43 Å². The van der Waals surface area contributed by atoms with Crippen molar-refractivity contribution in [3.05, 3.63) is 72.2 Å². The zero-order valence-corrected chi connectivity index (χ0v) is 15.8. The van der Waals surface area contributed by atoms with Gasteiger partial charge in [-0.2, -0.15) is 0 Å². The zero-order chi connectivity index (χ0) is 18.8. The maximum atomic E-state index is 4.89. The predicted molar refractivity (Wildman–Crippen MR) is 110 cm³/mol. The second-order valence-corrected chi connectivity index (χ2v) is 6.82. The molecule has 0 aliphatic heterocycles. The Bertz CT molecular complexity index is 1050. The van der Waals surface area contributed by atoms with E-state index in [4.69, 9.17) is 15.0 Å². The molecule has 0 atom stereocenters. The van der Waals surface area contributed by atoms with Crippen LogP contribution in [-0.2, 0) is 6.42 Å². The van der Waals surface area contributed by atoms with Gasteiger partial charge in [0.25, 0.3) is 0 Å². The van der Waals surface area contributed by atoms with Crippen molar-refractivity contribution in [2.24, 2.45) is 0 Å². The Kier molecular flexibility index (Phi) is 4.59. The molecule has 0 unspecified atom stereocenters. The molecule has 0 saturated carbocycles. The van der Waals surface area contributed by atoms with Crippen molar-refractivity contribution < 1.29 is 0 Å². The minimum absolute atomic E-state index is 0.250. The second-order valence-electron chi connectivity index (χ2n) is 6.82. The van der Waals surface area contributed by atoms with Crippen LogP contribution in [0.5, 0.6) is 0 Å². The number of fused-ring (bicyclic) bond motifs is 1. The molecule has 2 aromatic carbocycles. The zero-order valence-electron chi connectivity index (χ0n) is 15.8. The first kappa shape index (κ1) is 17.2. The number of imidazole rings is 1. The Morgan fingerprint density at radius 2 is 1.56 bits per heavy atom. The highest BCUT2D eigenvalue weighted by Crippen LogP contribution is 2.26. The van der Waals surface area contributed by atoms with Crippen molar-refractivity contribution in [3.63, 3.8) is 0 Å². The highest BCUT2D eigenvalue weighted by molar-refractivity contribution is 5.78. The lowest BCUT2D eigenvalue weighted by atomic mass is 10.2. The van der Waals surface area contributed by atoms with E-state index in [0.717, 1.165) is 46.2 Å². The summed E-state index contributed by atoms with van der Waals surface area (Å²) < 4.78 is 2.00. The lowest BCUT2D eigenvalue weighted by Gasteiger charge is -2.13. The van der Waals surface area contributed by atoms with Crippen LogP contribution in [0, 0.1) is 0 Å². The third kappa shape index (κ3) is 3.28. The van der Waals surface area contributed by atoms with Crippen LogP contribution in [0.15, 0.2) is 60.7 Å². The lowest BCUT2D eigenvalue weighted by molar-refractivity contribution is 0.733. The fourth-order valence-corrected chi connectivity index (χ4v) is 3.13. The van der Waals surface area contributed by atoms with Crippen molar-refractivity contribution in [1.29, 1.82) is 0 Å². The minimum atomic E-state index is 0.250. The highest BCUT2D eigenvalue weighted by Gasteiger charge is 2.19. The molecule has 0 fully saturated rings. The number of anilines is 1. The molecular weight excluding hydrogens is 334 g/mol. The van der Waals surface area contributed by atoms with E-state index in [1.165, 1.54) is 0 Å². The van der Waals surface area contributed by atoms with Crippen LogP contribution in [0.2, 0.25) is 0 Å². The Labute approximate surface area is 159 Å². The van der Waals surface area contributed by atoms with Gasteiger partial charge in [0, 0.05) is 11.5 Å². The molecule has 136 valence electrons. The van der Waals surface area contributed by atoms with Crippen molar-refractivity contribution in [2.45, 2.75) is 33.1 Å². The first-order chi connectivity index (χ1) is 13.2. The van der Waals surface area contributed by atoms with Gasteiger partial charge in [-0.15, -0.1) is 0 Å². The van der Waals surface area contributed by atoms with Gasteiger partial charge >= 0.3 is 0 Å². The summed E-state index contributed by atoms with van der Waals surface area (Å²) in [6.45, 7) is 6.39. The molecule has 0 bridgehead atoms. The Morgan fingerprint density at radius 3 is 2.19 bits per heavy atom. The molecule has 0 aliphatic carbocycles. The molecule has 4 aromatic rings. The fraction of sp³-hybridized carbons (Fsp3) is 0.227. The van der Waals surface area contributed by atoms with Crippen LogP contribution in [0.4, 0.5) is 5.69 Å². The number of nitrogens with one attached hydrogen (secondary N) is 1. The van der Waals surface area contributed by atoms with E-state index in [-0.39, 0.29) is 5.92 Å². The van der Waals surface area contributed by atoms with Crippen LogP contribution in [-0.4, -0.2) is 19.6 Å². The standard InChI is InChI=1S/C22H23N5/c1-4-18-19-22(25-20(23-18)16-11-7-5-8-12-16)27(21(24-19)15(2)3)26-17-13-9-6-10-14-17/h5-15,26H,4H2,1-3H3. The van der Waals surface area contributed by atoms with Crippen LogP contribution < -0.4 is 5.43 Å². The van der Waals surface area contributed by atoms with Gasteiger partial charge in [-0.1, -0.05) is 69.3 Å². The first-order valence-corrected chi connectivity index (χ1v) is 9.34. The molecule has 27 heavy (non-hydrogen) atoms. The molecule has 0 spiro atoms. The van der Waals surface area contributed by atoms with Gasteiger partial charge < -0.3 is 0 Å². The number of aryl methyl sites for hydroxylation is 1. The monoisotopic (exact) mass is 357 g/mol. The van der Waals surface area contributed by atoms with Crippen LogP contribution >= 0.6 is 0 Å². The highest BCUT2D eigenvalue weighted by atomic mass is 15.5. The van der Waals surface area contributed by atoms with E-state index >= 15 is 0 Å². The van der Waals surface area contributed by atoms with Gasteiger partial charge in [-0.05, 0) is 18.6 Å². The van der Waals surface area contributed by atoms with E-state index < -0.39 is 0 Å². The third-order valence-corrected chi connectivity index (χ3v) is 4.50. The van der Waals surface area contributed by atoms with Gasteiger partial charge in [0.05, 0.1) is 11.4 Å². The van der Waals surface area contributed by atoms with E-state index in [2.05, 4.69) is 26.2 Å². The number of hydrogen-bond acceptors (Lipinski definition) is 4. The predicted octanol–water partition coefficient (Wildman–Crippen LogP) is 5.05. The molecule has 4 rings (SSSR count). The van der Waals surface area contributed by atoms with Crippen LogP contribution in [0.1, 0.15) is 38.2 Å². The van der Waals surface area contributed by atoms with Crippen LogP contribution in [0.25, 0.3) is 22.6 Å². The average molecular weight is 357 g/mol. The summed E-state index contributed by atoms with van der Waals surface area (Å²) in [5.74, 6) is 1.93. The smallest absolute Gasteiger partial charge is 0.183 e. The van der Waals surface area contributed by atoms with E-state index in [9.17, 15) is 0 Å². The maximum absolute atomic E-state index is 4.89. The Morgan fingerprint density at radius 1 is 0.889 bits per heavy atom. The molecule has 2 heterocycles. The second kappa shape index (κ2) is 7.19. The SMILES string of the molecule is CCc1nc(-c2ccccc2)nc2c1nc(C(C)C)n2Nc1ccccc1. The number of benzene rings is 2. The number of rotatable bonds is 5. The van der Waals surface area contributed by atoms with Crippen LogP contribution in [0.3, 0.4) is 0 Å². The maximum Gasteiger partial charge on any atom is 0.183 e.